The van der Waals surface area contributed by atoms with Crippen LogP contribution in [0.4, 0.5) is 0 Å². The maximum Gasteiger partial charge on any atom is 0.150 e. The molecule has 2 aromatic rings. The molecule has 20 heavy (non-hydrogen) atoms. The van der Waals surface area contributed by atoms with Crippen LogP contribution in [0.3, 0.4) is 0 Å². The van der Waals surface area contributed by atoms with Crippen molar-refractivity contribution in [3.8, 4) is 11.1 Å². The van der Waals surface area contributed by atoms with Gasteiger partial charge in [0.1, 0.15) is 9.84 Å². The first-order valence-electron chi connectivity index (χ1n) is 6.49. The molecule has 0 unspecified atom stereocenters. The molecule has 0 saturated carbocycles. The lowest BCUT2D eigenvalue weighted by atomic mass is 10.1. The minimum absolute atomic E-state index is 0.208. The van der Waals surface area contributed by atoms with Gasteiger partial charge in [-0.25, -0.2) is 8.42 Å². The molecule has 0 bridgehead atoms. The third-order valence-corrected chi connectivity index (χ3v) is 5.60. The number of hydrogen-bond acceptors (Lipinski definition) is 3. The Hall–Kier alpha value is -0.890. The third-order valence-electron chi connectivity index (χ3n) is 3.09. The summed E-state index contributed by atoms with van der Waals surface area (Å²) in [5.41, 5.74) is 2.18. The van der Waals surface area contributed by atoms with Crippen LogP contribution in [-0.4, -0.2) is 29.7 Å². The molecule has 1 aromatic carbocycles. The fourth-order valence-electron chi connectivity index (χ4n) is 1.87. The summed E-state index contributed by atoms with van der Waals surface area (Å²) < 4.78 is 25.8. The third kappa shape index (κ3) is 4.31. The van der Waals surface area contributed by atoms with Gasteiger partial charge in [-0.05, 0) is 46.7 Å². The summed E-state index contributed by atoms with van der Waals surface area (Å²) in [4.78, 5) is 0. The molecule has 0 amide bonds. The molecule has 0 N–H and O–H groups in total. The molecule has 2 rings (SSSR count). The second-order valence-corrected chi connectivity index (χ2v) is 8.31. The number of rotatable bonds is 6. The molecular formula is C14H17IN2O2S. The number of aromatic nitrogens is 2. The molecule has 0 atom stereocenters. The van der Waals surface area contributed by atoms with E-state index in [1.54, 1.807) is 11.6 Å². The van der Waals surface area contributed by atoms with Gasteiger partial charge in [0, 0.05) is 27.6 Å². The van der Waals surface area contributed by atoms with Crippen molar-refractivity contribution in [3.63, 3.8) is 0 Å². The molecule has 1 aromatic heterocycles. The Morgan fingerprint density at radius 1 is 1.20 bits per heavy atom. The van der Waals surface area contributed by atoms with Gasteiger partial charge in [0.2, 0.25) is 0 Å². The van der Waals surface area contributed by atoms with Gasteiger partial charge in [0.15, 0.2) is 0 Å². The van der Waals surface area contributed by atoms with Crippen molar-refractivity contribution in [2.75, 3.05) is 11.5 Å². The van der Waals surface area contributed by atoms with Crippen LogP contribution in [0.2, 0.25) is 0 Å². The Kier molecular flexibility index (Phi) is 5.20. The van der Waals surface area contributed by atoms with Gasteiger partial charge in [-0.15, -0.1) is 0 Å². The lowest BCUT2D eigenvalue weighted by Gasteiger charge is -2.02. The van der Waals surface area contributed by atoms with Gasteiger partial charge in [-0.2, -0.15) is 5.10 Å². The Morgan fingerprint density at radius 2 is 1.90 bits per heavy atom. The zero-order chi connectivity index (χ0) is 14.6. The first-order valence-corrected chi connectivity index (χ1v) is 9.39. The summed E-state index contributed by atoms with van der Waals surface area (Å²) in [7, 11) is -2.88. The normalized spacial score (nSPS) is 11.7. The van der Waals surface area contributed by atoms with Crippen molar-refractivity contribution in [3.05, 3.63) is 40.2 Å². The van der Waals surface area contributed by atoms with Crippen LogP contribution in [0.15, 0.2) is 36.7 Å². The Bertz CT molecular complexity index is 663. The van der Waals surface area contributed by atoms with Crippen molar-refractivity contribution < 1.29 is 8.42 Å². The molecule has 0 radical (unpaired) electrons. The van der Waals surface area contributed by atoms with Gasteiger partial charge in [-0.3, -0.25) is 4.68 Å². The number of hydrogen-bond donors (Lipinski definition) is 0. The van der Waals surface area contributed by atoms with Gasteiger partial charge in [0.05, 0.1) is 11.9 Å². The van der Waals surface area contributed by atoms with Crippen LogP contribution in [0.1, 0.15) is 13.3 Å². The second kappa shape index (κ2) is 6.71. The first kappa shape index (κ1) is 15.5. The van der Waals surface area contributed by atoms with Crippen LogP contribution in [-0.2, 0) is 16.4 Å². The predicted octanol–water partition coefficient (Wildman–Crippen LogP) is 2.98. The van der Waals surface area contributed by atoms with Crippen molar-refractivity contribution in [2.45, 2.75) is 19.9 Å². The number of nitrogens with zero attached hydrogens (tertiary/aromatic N) is 2. The van der Waals surface area contributed by atoms with Crippen LogP contribution in [0, 0.1) is 3.57 Å². The van der Waals surface area contributed by atoms with Crippen LogP contribution in [0.25, 0.3) is 11.1 Å². The van der Waals surface area contributed by atoms with E-state index in [-0.39, 0.29) is 11.5 Å². The molecule has 0 spiro atoms. The van der Waals surface area contributed by atoms with E-state index in [1.165, 1.54) is 3.57 Å². The average molecular weight is 404 g/mol. The van der Waals surface area contributed by atoms with E-state index >= 15 is 0 Å². The largest absolute Gasteiger partial charge is 0.272 e. The summed E-state index contributed by atoms with van der Waals surface area (Å²) in [6.07, 6.45) is 4.38. The van der Waals surface area contributed by atoms with Crippen LogP contribution < -0.4 is 0 Å². The van der Waals surface area contributed by atoms with Gasteiger partial charge >= 0.3 is 0 Å². The molecule has 0 saturated heterocycles. The van der Waals surface area contributed by atoms with Crippen molar-refractivity contribution in [1.29, 1.82) is 0 Å². The maximum atomic E-state index is 11.4. The fourth-order valence-corrected chi connectivity index (χ4v) is 3.09. The van der Waals surface area contributed by atoms with Crippen LogP contribution >= 0.6 is 22.6 Å². The van der Waals surface area contributed by atoms with Crippen molar-refractivity contribution in [1.82, 2.24) is 9.78 Å². The molecular weight excluding hydrogens is 387 g/mol. The molecule has 6 heteroatoms. The summed E-state index contributed by atoms with van der Waals surface area (Å²) in [5.74, 6) is 0.433. The lowest BCUT2D eigenvalue weighted by molar-refractivity contribution is 0.573. The number of halogens is 1. The Morgan fingerprint density at radius 3 is 2.55 bits per heavy atom. The summed E-state index contributed by atoms with van der Waals surface area (Å²) in [6, 6.07) is 8.23. The highest BCUT2D eigenvalue weighted by Gasteiger charge is 2.07. The van der Waals surface area contributed by atoms with E-state index in [1.807, 2.05) is 12.4 Å². The number of aryl methyl sites for hydroxylation is 1. The van der Waals surface area contributed by atoms with Gasteiger partial charge in [0.25, 0.3) is 0 Å². The molecule has 0 fully saturated rings. The minimum Gasteiger partial charge on any atom is -0.272 e. The Balaban J connectivity index is 1.97. The van der Waals surface area contributed by atoms with E-state index < -0.39 is 9.84 Å². The summed E-state index contributed by atoms with van der Waals surface area (Å²) in [5, 5.41) is 4.28. The second-order valence-electron chi connectivity index (χ2n) is 4.59. The highest BCUT2D eigenvalue weighted by Crippen LogP contribution is 2.19. The minimum atomic E-state index is -2.88. The molecule has 0 aliphatic rings. The Labute approximate surface area is 133 Å². The van der Waals surface area contributed by atoms with E-state index in [2.05, 4.69) is 52.0 Å². The number of benzene rings is 1. The number of sulfone groups is 1. The fraction of sp³-hybridized carbons (Fsp3) is 0.357. The van der Waals surface area contributed by atoms with E-state index in [0.29, 0.717) is 13.0 Å². The highest BCUT2D eigenvalue weighted by atomic mass is 127. The van der Waals surface area contributed by atoms with Gasteiger partial charge in [-0.1, -0.05) is 19.1 Å². The SMILES string of the molecule is CCS(=O)(=O)CCCn1cc(-c2ccc(I)cc2)cn1. The van der Waals surface area contributed by atoms with E-state index in [4.69, 9.17) is 0 Å². The summed E-state index contributed by atoms with van der Waals surface area (Å²) >= 11 is 2.27. The molecule has 108 valence electrons. The van der Waals surface area contributed by atoms with Crippen molar-refractivity contribution in [2.24, 2.45) is 0 Å². The first-order chi connectivity index (χ1) is 9.50. The van der Waals surface area contributed by atoms with E-state index in [9.17, 15) is 8.42 Å². The molecule has 0 aliphatic heterocycles. The topological polar surface area (TPSA) is 52.0 Å². The smallest absolute Gasteiger partial charge is 0.150 e. The molecule has 0 aliphatic carbocycles. The molecule has 1 heterocycles. The van der Waals surface area contributed by atoms with Crippen LogP contribution in [0.5, 0.6) is 0 Å². The standard InChI is InChI=1S/C14H17IN2O2S/c1-2-20(18,19)9-3-8-17-11-13(10-16-17)12-4-6-14(15)7-5-12/h4-7,10-11H,2-3,8-9H2,1H3. The quantitative estimate of drug-likeness (QED) is 0.696. The highest BCUT2D eigenvalue weighted by molar-refractivity contribution is 14.1. The van der Waals surface area contributed by atoms with Gasteiger partial charge < -0.3 is 0 Å². The average Bonchev–Trinajstić information content (AvgIpc) is 2.88. The predicted molar refractivity (Wildman–Crippen MR) is 89.3 cm³/mol. The lowest BCUT2D eigenvalue weighted by Crippen LogP contribution is -2.11. The molecule has 4 nitrogen and oxygen atoms in total. The van der Waals surface area contributed by atoms with Crippen molar-refractivity contribution >= 4 is 32.4 Å². The van der Waals surface area contributed by atoms with E-state index in [0.717, 1.165) is 11.1 Å². The monoisotopic (exact) mass is 404 g/mol. The zero-order valence-electron chi connectivity index (χ0n) is 11.3. The zero-order valence-corrected chi connectivity index (χ0v) is 14.3. The maximum absolute atomic E-state index is 11.4. The summed E-state index contributed by atoms with van der Waals surface area (Å²) in [6.45, 7) is 2.31.